The van der Waals surface area contributed by atoms with Gasteiger partial charge in [0.15, 0.2) is 5.78 Å². The molecule has 0 N–H and O–H groups in total. The highest BCUT2D eigenvalue weighted by atomic mass is 16.5. The van der Waals surface area contributed by atoms with E-state index in [1.807, 2.05) is 43.3 Å². The molecule has 25 heavy (non-hydrogen) atoms. The lowest BCUT2D eigenvalue weighted by Crippen LogP contribution is -2.32. The monoisotopic (exact) mass is 340 g/mol. The molecule has 2 aliphatic carbocycles. The molecule has 2 saturated carbocycles. The van der Waals surface area contributed by atoms with Crippen LogP contribution in [-0.4, -0.2) is 18.4 Å². The molecule has 0 unspecified atom stereocenters. The van der Waals surface area contributed by atoms with Crippen molar-refractivity contribution >= 4 is 11.8 Å². The van der Waals surface area contributed by atoms with Gasteiger partial charge in [-0.05, 0) is 48.7 Å². The van der Waals surface area contributed by atoms with Gasteiger partial charge in [0.25, 0.3) is 0 Å². The van der Waals surface area contributed by atoms with Gasteiger partial charge in [0, 0.05) is 5.41 Å². The second-order valence-corrected chi connectivity index (χ2v) is 8.14. The fraction of sp³-hybridized carbons (Fsp3) is 0.545. The van der Waals surface area contributed by atoms with Crippen LogP contribution in [0.3, 0.4) is 0 Å². The smallest absolute Gasteiger partial charge is 0.313 e. The zero-order chi connectivity index (χ0) is 18.2. The number of benzene rings is 1. The Hall–Kier alpha value is -1.90. The lowest BCUT2D eigenvalue weighted by molar-refractivity contribution is -0.146. The van der Waals surface area contributed by atoms with Gasteiger partial charge in [-0.15, -0.1) is 0 Å². The van der Waals surface area contributed by atoms with Crippen molar-refractivity contribution in [1.29, 1.82) is 0 Å². The van der Waals surface area contributed by atoms with Gasteiger partial charge in [-0.2, -0.15) is 0 Å². The maximum absolute atomic E-state index is 13.1. The van der Waals surface area contributed by atoms with E-state index in [-0.39, 0.29) is 28.5 Å². The summed E-state index contributed by atoms with van der Waals surface area (Å²) in [6.45, 7) is 8.65. The van der Waals surface area contributed by atoms with E-state index in [0.717, 1.165) is 24.0 Å². The van der Waals surface area contributed by atoms with Crippen molar-refractivity contribution in [1.82, 2.24) is 0 Å². The zero-order valence-electron chi connectivity index (χ0n) is 15.7. The summed E-state index contributed by atoms with van der Waals surface area (Å²) in [6.07, 6.45) is 4.47. The van der Waals surface area contributed by atoms with Crippen molar-refractivity contribution in [2.45, 2.75) is 47.0 Å². The molecule has 0 spiro atoms. The summed E-state index contributed by atoms with van der Waals surface area (Å²) >= 11 is 0. The second kappa shape index (κ2) is 6.44. The first-order valence-electron chi connectivity index (χ1n) is 9.28. The number of carbonyl (C=O) groups excluding carboxylic acids is 2. The minimum absolute atomic E-state index is 0.0398. The summed E-state index contributed by atoms with van der Waals surface area (Å²) in [5.41, 5.74) is 1.60. The molecule has 3 heteroatoms. The number of carbonyl (C=O) groups is 2. The molecule has 0 amide bonds. The van der Waals surface area contributed by atoms with Crippen LogP contribution in [0.5, 0.6) is 0 Å². The number of fused-ring (bicyclic) bond motifs is 2. The van der Waals surface area contributed by atoms with E-state index in [4.69, 9.17) is 4.74 Å². The maximum atomic E-state index is 13.1. The quantitative estimate of drug-likeness (QED) is 0.591. The van der Waals surface area contributed by atoms with E-state index in [2.05, 4.69) is 20.8 Å². The summed E-state index contributed by atoms with van der Waals surface area (Å²) in [6, 6.07) is 9.93. The number of rotatable bonds is 5. The van der Waals surface area contributed by atoms with Gasteiger partial charge < -0.3 is 4.74 Å². The standard InChI is InChI=1S/C22H28O3/c1-5-25-20(24)16(13-15-9-7-6-8-10-15)14-17-18-11-12-22(4,19(17)23)21(18,2)3/h6-10,14,16,18H,5,11-13H2,1-4H3/b17-14-/t16-,18-,22-/m0/s1. The molecule has 3 rings (SSSR count). The van der Waals surface area contributed by atoms with Crippen molar-refractivity contribution < 1.29 is 14.3 Å². The van der Waals surface area contributed by atoms with Gasteiger partial charge in [-0.25, -0.2) is 0 Å². The fourth-order valence-corrected chi connectivity index (χ4v) is 4.66. The van der Waals surface area contributed by atoms with Gasteiger partial charge >= 0.3 is 5.97 Å². The summed E-state index contributed by atoms with van der Waals surface area (Å²) in [5.74, 6) is -0.161. The molecule has 3 nitrogen and oxygen atoms in total. The van der Waals surface area contributed by atoms with E-state index >= 15 is 0 Å². The molecule has 1 aromatic rings. The third-order valence-corrected chi connectivity index (χ3v) is 6.63. The number of ether oxygens (including phenoxy) is 1. The Kier molecular flexibility index (Phi) is 4.61. The van der Waals surface area contributed by atoms with Crippen LogP contribution >= 0.6 is 0 Å². The van der Waals surface area contributed by atoms with E-state index < -0.39 is 5.92 Å². The average molecular weight is 340 g/mol. The molecule has 2 fully saturated rings. The Bertz CT molecular complexity index is 701. The topological polar surface area (TPSA) is 43.4 Å². The van der Waals surface area contributed by atoms with E-state index in [9.17, 15) is 9.59 Å². The SMILES string of the molecule is CCOC(=O)[C@H](/C=C1\C(=O)[C@]2(C)CC[C@@H]1C2(C)C)Cc1ccccc1. The third-order valence-electron chi connectivity index (χ3n) is 6.63. The van der Waals surface area contributed by atoms with Crippen LogP contribution in [0.2, 0.25) is 0 Å². The summed E-state index contributed by atoms with van der Waals surface area (Å²) < 4.78 is 5.28. The van der Waals surface area contributed by atoms with E-state index in [0.29, 0.717) is 13.0 Å². The highest BCUT2D eigenvalue weighted by Crippen LogP contribution is 2.65. The van der Waals surface area contributed by atoms with Gasteiger partial charge in [0.05, 0.1) is 12.5 Å². The second-order valence-electron chi connectivity index (χ2n) is 8.14. The number of Topliss-reactive ketones (excluding diaryl/α,β-unsaturated/α-hetero) is 1. The summed E-state index contributed by atoms with van der Waals surface area (Å²) in [5, 5.41) is 0. The van der Waals surface area contributed by atoms with Gasteiger partial charge in [0.2, 0.25) is 0 Å². The van der Waals surface area contributed by atoms with E-state index in [1.54, 1.807) is 0 Å². The van der Waals surface area contributed by atoms with Gasteiger partial charge in [-0.3, -0.25) is 9.59 Å². The minimum Gasteiger partial charge on any atom is -0.466 e. The Morgan fingerprint density at radius 1 is 1.28 bits per heavy atom. The lowest BCUT2D eigenvalue weighted by atomic mass is 9.70. The Labute approximate surface area is 150 Å². The molecule has 0 radical (unpaired) electrons. The van der Waals surface area contributed by atoms with Crippen LogP contribution in [0.1, 0.15) is 46.1 Å². The van der Waals surface area contributed by atoms with Gasteiger partial charge in [-0.1, -0.05) is 57.2 Å². The van der Waals surface area contributed by atoms with Crippen LogP contribution in [0, 0.1) is 22.7 Å². The third kappa shape index (κ3) is 2.84. The predicted molar refractivity (Wildman–Crippen MR) is 98.0 cm³/mol. The first kappa shape index (κ1) is 17.9. The molecule has 2 bridgehead atoms. The largest absolute Gasteiger partial charge is 0.466 e. The molecule has 0 aromatic heterocycles. The Balaban J connectivity index is 1.93. The first-order chi connectivity index (χ1) is 11.8. The lowest BCUT2D eigenvalue weighted by Gasteiger charge is -2.31. The molecule has 3 atom stereocenters. The first-order valence-corrected chi connectivity index (χ1v) is 9.28. The van der Waals surface area contributed by atoms with Crippen molar-refractivity contribution in [3.8, 4) is 0 Å². The number of esters is 1. The van der Waals surface area contributed by atoms with Crippen molar-refractivity contribution in [3.05, 3.63) is 47.5 Å². The van der Waals surface area contributed by atoms with Crippen LogP contribution in [-0.2, 0) is 20.7 Å². The molecule has 0 saturated heterocycles. The van der Waals surface area contributed by atoms with Crippen LogP contribution in [0.15, 0.2) is 42.0 Å². The molecule has 1 aromatic carbocycles. The zero-order valence-corrected chi connectivity index (χ0v) is 15.7. The number of allylic oxidation sites excluding steroid dienone is 1. The average Bonchev–Trinajstić information content (AvgIpc) is 2.89. The molecule has 0 heterocycles. The van der Waals surface area contributed by atoms with Crippen LogP contribution in [0.4, 0.5) is 0 Å². The van der Waals surface area contributed by atoms with Gasteiger partial charge in [0.1, 0.15) is 0 Å². The summed E-state index contributed by atoms with van der Waals surface area (Å²) in [4.78, 5) is 25.6. The molecular weight excluding hydrogens is 312 g/mol. The van der Waals surface area contributed by atoms with Crippen molar-refractivity contribution in [2.24, 2.45) is 22.7 Å². The highest BCUT2D eigenvalue weighted by Gasteiger charge is 2.63. The van der Waals surface area contributed by atoms with Crippen molar-refractivity contribution in [3.63, 3.8) is 0 Å². The van der Waals surface area contributed by atoms with Crippen LogP contribution < -0.4 is 0 Å². The van der Waals surface area contributed by atoms with Crippen molar-refractivity contribution in [2.75, 3.05) is 6.61 Å². The number of ketones is 1. The highest BCUT2D eigenvalue weighted by molar-refractivity contribution is 6.05. The maximum Gasteiger partial charge on any atom is 0.313 e. The minimum atomic E-state index is -0.403. The van der Waals surface area contributed by atoms with Crippen LogP contribution in [0.25, 0.3) is 0 Å². The predicted octanol–water partition coefficient (Wildman–Crippen LogP) is 4.36. The molecule has 2 aliphatic rings. The molecule has 0 aliphatic heterocycles. The Morgan fingerprint density at radius 2 is 1.96 bits per heavy atom. The number of hydrogen-bond acceptors (Lipinski definition) is 3. The fourth-order valence-electron chi connectivity index (χ4n) is 4.66. The molecular formula is C22H28O3. The molecule has 134 valence electrons. The summed E-state index contributed by atoms with van der Waals surface area (Å²) in [7, 11) is 0. The normalized spacial score (nSPS) is 29.8. The van der Waals surface area contributed by atoms with E-state index in [1.165, 1.54) is 0 Å². The number of hydrogen-bond donors (Lipinski definition) is 0. The Morgan fingerprint density at radius 3 is 2.52 bits per heavy atom.